The molecular formula is C24H25BrCl2N6O2S. The van der Waals surface area contributed by atoms with Crippen molar-refractivity contribution in [3.63, 3.8) is 0 Å². The number of sulfonamides is 1. The molecule has 0 amide bonds. The summed E-state index contributed by atoms with van der Waals surface area (Å²) in [6.07, 6.45) is 2.43. The number of benzene rings is 1. The Morgan fingerprint density at radius 1 is 1.25 bits per heavy atom. The maximum atomic E-state index is 12.3. The molecule has 4 aromatic rings. The minimum Gasteiger partial charge on any atom is -0.378 e. The van der Waals surface area contributed by atoms with Crippen molar-refractivity contribution < 1.29 is 8.42 Å². The van der Waals surface area contributed by atoms with Gasteiger partial charge in [-0.1, -0.05) is 29.3 Å². The van der Waals surface area contributed by atoms with Crippen molar-refractivity contribution in [1.29, 1.82) is 0 Å². The van der Waals surface area contributed by atoms with E-state index in [2.05, 4.69) is 31.2 Å². The molecule has 0 aliphatic carbocycles. The lowest BCUT2D eigenvalue weighted by Gasteiger charge is -2.17. The average molecular weight is 612 g/mol. The van der Waals surface area contributed by atoms with Crippen LogP contribution in [0.4, 0.5) is 5.69 Å². The van der Waals surface area contributed by atoms with Crippen LogP contribution >= 0.6 is 39.1 Å². The third kappa shape index (κ3) is 4.43. The third-order valence-electron chi connectivity index (χ3n) is 6.57. The zero-order chi connectivity index (χ0) is 25.8. The predicted molar refractivity (Wildman–Crippen MR) is 149 cm³/mol. The average Bonchev–Trinajstić information content (AvgIpc) is 3.55. The van der Waals surface area contributed by atoms with Crippen molar-refractivity contribution >= 4 is 66.0 Å². The third-order valence-corrected chi connectivity index (χ3v) is 9.63. The normalized spacial score (nSPS) is 16.8. The van der Waals surface area contributed by atoms with Crippen LogP contribution in [0.1, 0.15) is 24.7 Å². The summed E-state index contributed by atoms with van der Waals surface area (Å²) >= 11 is 16.6. The number of H-pyrrole nitrogens is 1. The molecule has 1 atom stereocenters. The molecule has 2 N–H and O–H groups in total. The molecule has 0 radical (unpaired) electrons. The summed E-state index contributed by atoms with van der Waals surface area (Å²) in [6, 6.07) is 7.47. The number of aryl methyl sites for hydroxylation is 1. The molecular weight excluding hydrogens is 587 g/mol. The Labute approximate surface area is 228 Å². The van der Waals surface area contributed by atoms with Crippen LogP contribution in [0, 0.1) is 13.8 Å². The van der Waals surface area contributed by atoms with Gasteiger partial charge in [-0.25, -0.2) is 18.4 Å². The highest BCUT2D eigenvalue weighted by atomic mass is 79.9. The number of imidazole rings is 1. The quantitative estimate of drug-likeness (QED) is 0.281. The number of nitrogens with zero attached hydrogens (tertiary/aromatic N) is 4. The fourth-order valence-electron chi connectivity index (χ4n) is 4.73. The van der Waals surface area contributed by atoms with Gasteiger partial charge in [-0.15, -0.1) is 0 Å². The molecule has 12 heteroatoms. The zero-order valence-electron chi connectivity index (χ0n) is 19.9. The first-order valence-electron chi connectivity index (χ1n) is 11.5. The van der Waals surface area contributed by atoms with Crippen LogP contribution in [0.25, 0.3) is 28.2 Å². The van der Waals surface area contributed by atoms with Gasteiger partial charge in [0.05, 0.1) is 31.6 Å². The van der Waals surface area contributed by atoms with E-state index in [4.69, 9.17) is 28.2 Å². The molecule has 0 spiro atoms. The van der Waals surface area contributed by atoms with Gasteiger partial charge in [0.2, 0.25) is 10.0 Å². The van der Waals surface area contributed by atoms with Gasteiger partial charge in [-0.2, -0.15) is 4.31 Å². The first-order chi connectivity index (χ1) is 17.1. The summed E-state index contributed by atoms with van der Waals surface area (Å²) in [5, 5.41) is 4.63. The fourth-order valence-corrected chi connectivity index (χ4v) is 6.86. The number of hydrogen-bond acceptors (Lipinski definition) is 5. The number of aromatic amines is 1. The highest BCUT2D eigenvalue weighted by molar-refractivity contribution is 9.10. The Morgan fingerprint density at radius 2 is 1.97 bits per heavy atom. The van der Waals surface area contributed by atoms with Crippen LogP contribution in [-0.4, -0.2) is 57.1 Å². The van der Waals surface area contributed by atoms with Crippen molar-refractivity contribution in [2.75, 3.05) is 24.2 Å². The van der Waals surface area contributed by atoms with Crippen molar-refractivity contribution in [1.82, 2.24) is 23.8 Å². The standard InChI is InChI=1S/C24H25BrCl2N6O2S/c1-4-36(34,35)32-9-8-15(12-32)29-20-17(25)11-28-24-21(20)30-23(31-24)16-10-13(2)33(14(16)3)22-18(26)6-5-7-19(22)27/h5-7,10-11,15H,4,8-9,12H2,1-3H3,(H2,28,29,30,31). The van der Waals surface area contributed by atoms with Gasteiger partial charge >= 0.3 is 0 Å². The Kier molecular flexibility index (Phi) is 6.84. The van der Waals surface area contributed by atoms with Gasteiger partial charge in [-0.05, 0) is 61.3 Å². The van der Waals surface area contributed by atoms with Crippen molar-refractivity contribution in [3.8, 4) is 17.1 Å². The number of aromatic nitrogens is 4. The Hall–Kier alpha value is -2.11. The van der Waals surface area contributed by atoms with Crippen molar-refractivity contribution in [2.24, 2.45) is 0 Å². The number of nitrogens with one attached hydrogen (secondary N) is 2. The monoisotopic (exact) mass is 610 g/mol. The number of pyridine rings is 1. The first kappa shape index (κ1) is 25.5. The molecule has 1 aliphatic rings. The van der Waals surface area contributed by atoms with Crippen LogP contribution < -0.4 is 5.32 Å². The molecule has 1 saturated heterocycles. The molecule has 3 aromatic heterocycles. The summed E-state index contributed by atoms with van der Waals surface area (Å²) in [4.78, 5) is 12.8. The number of anilines is 1. The van der Waals surface area contributed by atoms with Crippen LogP contribution in [0.3, 0.4) is 0 Å². The summed E-state index contributed by atoms with van der Waals surface area (Å²) in [5.41, 5.74) is 5.63. The van der Waals surface area contributed by atoms with E-state index < -0.39 is 10.0 Å². The number of fused-ring (bicyclic) bond motifs is 1. The molecule has 0 bridgehead atoms. The smallest absolute Gasteiger partial charge is 0.213 e. The van der Waals surface area contributed by atoms with Gasteiger partial charge in [0.15, 0.2) is 5.65 Å². The van der Waals surface area contributed by atoms with Gasteiger partial charge < -0.3 is 14.9 Å². The summed E-state index contributed by atoms with van der Waals surface area (Å²) in [5.74, 6) is 0.770. The molecule has 5 rings (SSSR count). The molecule has 1 aliphatic heterocycles. The van der Waals surface area contributed by atoms with Crippen molar-refractivity contribution in [2.45, 2.75) is 33.2 Å². The van der Waals surface area contributed by atoms with Crippen molar-refractivity contribution in [3.05, 3.63) is 56.4 Å². The maximum Gasteiger partial charge on any atom is 0.213 e. The summed E-state index contributed by atoms with van der Waals surface area (Å²) in [7, 11) is -3.22. The Morgan fingerprint density at radius 3 is 2.67 bits per heavy atom. The van der Waals surface area contributed by atoms with Gasteiger partial charge in [0.1, 0.15) is 11.3 Å². The first-order valence-corrected chi connectivity index (χ1v) is 14.7. The van der Waals surface area contributed by atoms with E-state index in [0.29, 0.717) is 46.5 Å². The number of rotatable bonds is 6. The highest BCUT2D eigenvalue weighted by Crippen LogP contribution is 2.37. The minimum absolute atomic E-state index is 0.0270. The Bertz CT molecular complexity index is 1560. The second-order valence-corrected chi connectivity index (χ2v) is 12.8. The molecule has 8 nitrogen and oxygen atoms in total. The van der Waals surface area contributed by atoms with Gasteiger partial charge in [0.25, 0.3) is 0 Å². The van der Waals surface area contributed by atoms with E-state index in [1.54, 1.807) is 17.4 Å². The molecule has 36 heavy (non-hydrogen) atoms. The molecule has 4 heterocycles. The lowest BCUT2D eigenvalue weighted by Crippen LogP contribution is -2.32. The second-order valence-electron chi connectivity index (χ2n) is 8.84. The van der Waals surface area contributed by atoms with Crippen LogP contribution in [0.5, 0.6) is 0 Å². The number of halogens is 3. The van der Waals surface area contributed by atoms with Gasteiger partial charge in [0, 0.05) is 42.3 Å². The molecule has 0 saturated carbocycles. The molecule has 1 unspecified atom stereocenters. The van der Waals surface area contributed by atoms with E-state index in [1.807, 2.05) is 42.7 Å². The molecule has 190 valence electrons. The van der Waals surface area contributed by atoms with Gasteiger partial charge in [-0.3, -0.25) is 0 Å². The van der Waals surface area contributed by atoms with E-state index >= 15 is 0 Å². The predicted octanol–water partition coefficient (Wildman–Crippen LogP) is 5.94. The second kappa shape index (κ2) is 9.64. The van der Waals surface area contributed by atoms with E-state index in [-0.39, 0.29) is 11.8 Å². The van der Waals surface area contributed by atoms with E-state index in [1.165, 1.54) is 0 Å². The number of para-hydroxylation sites is 1. The lowest BCUT2D eigenvalue weighted by molar-refractivity contribution is 0.476. The van der Waals surface area contributed by atoms with Crippen LogP contribution in [-0.2, 0) is 10.0 Å². The molecule has 1 aromatic carbocycles. The summed E-state index contributed by atoms with van der Waals surface area (Å²) in [6.45, 7) is 6.59. The van der Waals surface area contributed by atoms with Crippen LogP contribution in [0.2, 0.25) is 10.0 Å². The van der Waals surface area contributed by atoms with Crippen LogP contribution in [0.15, 0.2) is 34.9 Å². The number of hydrogen-bond donors (Lipinski definition) is 2. The summed E-state index contributed by atoms with van der Waals surface area (Å²) < 4.78 is 28.9. The largest absolute Gasteiger partial charge is 0.378 e. The fraction of sp³-hybridized carbons (Fsp3) is 0.333. The SMILES string of the molecule is CCS(=O)(=O)N1CCC(Nc2c(Br)cnc3[nH]c(-c4cc(C)n(-c5c(Cl)cccc5Cl)c4C)nc23)C1. The maximum absolute atomic E-state index is 12.3. The van der Waals surface area contributed by atoms with E-state index in [0.717, 1.165) is 32.8 Å². The zero-order valence-corrected chi connectivity index (χ0v) is 23.9. The minimum atomic E-state index is -3.22. The lowest BCUT2D eigenvalue weighted by atomic mass is 10.2. The van der Waals surface area contributed by atoms with E-state index in [9.17, 15) is 8.42 Å². The highest BCUT2D eigenvalue weighted by Gasteiger charge is 2.31. The molecule has 1 fully saturated rings. The Balaban J connectivity index is 1.52. The topological polar surface area (TPSA) is 95.9 Å².